The molecule has 31 heavy (non-hydrogen) atoms. The van der Waals surface area contributed by atoms with Crippen molar-refractivity contribution in [1.29, 1.82) is 0 Å². The Morgan fingerprint density at radius 3 is 2.68 bits per heavy atom. The number of hydrogen-bond acceptors (Lipinski definition) is 3. The highest BCUT2D eigenvalue weighted by atomic mass is 19.1. The first-order valence-electron chi connectivity index (χ1n) is 10.7. The van der Waals surface area contributed by atoms with Crippen LogP contribution < -0.4 is 5.32 Å². The van der Waals surface area contributed by atoms with Crippen LogP contribution in [0.15, 0.2) is 54.1 Å². The lowest BCUT2D eigenvalue weighted by molar-refractivity contribution is -0.116. The number of aromatic nitrogens is 2. The topological polar surface area (TPSA) is 54.9 Å². The van der Waals surface area contributed by atoms with Crippen LogP contribution in [0.2, 0.25) is 0 Å². The van der Waals surface area contributed by atoms with Crippen molar-refractivity contribution in [3.63, 3.8) is 0 Å². The number of rotatable bonds is 6. The van der Waals surface area contributed by atoms with E-state index < -0.39 is 0 Å². The van der Waals surface area contributed by atoms with Gasteiger partial charge in [-0.2, -0.15) is 0 Å². The standard InChI is InChI=1S/C26H26FN3O/c1-17(2)15-23-26(30-24(31)10-6-9-18-7-4-3-5-8-18)29-22-14-11-19-16-20(27)12-13-21(19)25(22)28-23/h3-5,7-8,12-13,15-16H,6,9-11,14H2,1-2H3,(H,29,30,31). The first-order chi connectivity index (χ1) is 15.0. The second kappa shape index (κ2) is 9.21. The minimum atomic E-state index is -0.237. The monoisotopic (exact) mass is 415 g/mol. The van der Waals surface area contributed by atoms with Crippen molar-refractivity contribution in [2.75, 3.05) is 5.32 Å². The van der Waals surface area contributed by atoms with Crippen LogP contribution in [0.1, 0.15) is 49.2 Å². The fraction of sp³-hybridized carbons (Fsp3) is 0.269. The molecular weight excluding hydrogens is 389 g/mol. The van der Waals surface area contributed by atoms with E-state index in [9.17, 15) is 9.18 Å². The molecule has 3 aromatic rings. The second-order valence-electron chi connectivity index (χ2n) is 8.16. The van der Waals surface area contributed by atoms with Gasteiger partial charge in [0.15, 0.2) is 5.82 Å². The van der Waals surface area contributed by atoms with Gasteiger partial charge < -0.3 is 5.32 Å². The van der Waals surface area contributed by atoms with Crippen LogP contribution in [-0.4, -0.2) is 15.9 Å². The van der Waals surface area contributed by atoms with E-state index in [0.717, 1.165) is 40.9 Å². The zero-order chi connectivity index (χ0) is 21.8. The maximum absolute atomic E-state index is 13.6. The van der Waals surface area contributed by atoms with E-state index in [4.69, 9.17) is 9.97 Å². The molecular formula is C26H26FN3O. The summed E-state index contributed by atoms with van der Waals surface area (Å²) in [4.78, 5) is 22.2. The number of allylic oxidation sites excluding steroid dienone is 1. The Bertz CT molecular complexity index is 1130. The van der Waals surface area contributed by atoms with Crippen LogP contribution >= 0.6 is 0 Å². The number of benzene rings is 2. The van der Waals surface area contributed by atoms with Crippen molar-refractivity contribution in [3.8, 4) is 11.3 Å². The van der Waals surface area contributed by atoms with Gasteiger partial charge in [-0.05, 0) is 74.9 Å². The number of fused-ring (bicyclic) bond motifs is 3. The Balaban J connectivity index is 1.55. The van der Waals surface area contributed by atoms with Crippen LogP contribution in [-0.2, 0) is 24.1 Å². The highest BCUT2D eigenvalue weighted by Gasteiger charge is 2.22. The summed E-state index contributed by atoms with van der Waals surface area (Å²) in [6.45, 7) is 3.96. The Morgan fingerprint density at radius 2 is 1.90 bits per heavy atom. The van der Waals surface area contributed by atoms with Gasteiger partial charge >= 0.3 is 0 Å². The van der Waals surface area contributed by atoms with Crippen LogP contribution in [0, 0.1) is 5.82 Å². The van der Waals surface area contributed by atoms with Crippen molar-refractivity contribution in [1.82, 2.24) is 9.97 Å². The van der Waals surface area contributed by atoms with Crippen LogP contribution in [0.3, 0.4) is 0 Å². The number of hydrogen-bond donors (Lipinski definition) is 1. The molecule has 0 aliphatic heterocycles. The molecule has 1 amide bonds. The van der Waals surface area contributed by atoms with Crippen LogP contribution in [0.25, 0.3) is 17.3 Å². The molecule has 1 aliphatic rings. The fourth-order valence-electron chi connectivity index (χ4n) is 3.88. The summed E-state index contributed by atoms with van der Waals surface area (Å²) in [6.07, 6.45) is 5.35. The number of anilines is 1. The van der Waals surface area contributed by atoms with E-state index in [0.29, 0.717) is 30.8 Å². The van der Waals surface area contributed by atoms with E-state index >= 15 is 0 Å². The van der Waals surface area contributed by atoms with Gasteiger partial charge in [0.1, 0.15) is 11.5 Å². The van der Waals surface area contributed by atoms with Gasteiger partial charge in [0.05, 0.1) is 11.4 Å². The van der Waals surface area contributed by atoms with E-state index in [1.165, 1.54) is 11.6 Å². The van der Waals surface area contributed by atoms with Gasteiger partial charge in [-0.25, -0.2) is 14.4 Å². The van der Waals surface area contributed by atoms with Gasteiger partial charge in [-0.15, -0.1) is 0 Å². The Labute approximate surface area is 182 Å². The zero-order valence-corrected chi connectivity index (χ0v) is 17.9. The van der Waals surface area contributed by atoms with E-state index in [1.54, 1.807) is 12.1 Å². The molecule has 158 valence electrons. The molecule has 1 aromatic heterocycles. The Hall–Kier alpha value is -3.34. The Morgan fingerprint density at radius 1 is 1.10 bits per heavy atom. The molecule has 0 unspecified atom stereocenters. The average molecular weight is 416 g/mol. The summed E-state index contributed by atoms with van der Waals surface area (Å²) in [5, 5.41) is 2.97. The number of aryl methyl sites for hydroxylation is 3. The maximum Gasteiger partial charge on any atom is 0.225 e. The molecule has 2 aromatic carbocycles. The van der Waals surface area contributed by atoms with Gasteiger partial charge in [-0.1, -0.05) is 35.9 Å². The largest absolute Gasteiger partial charge is 0.309 e. The molecule has 1 heterocycles. The van der Waals surface area contributed by atoms with Crippen molar-refractivity contribution in [2.24, 2.45) is 0 Å². The summed E-state index contributed by atoms with van der Waals surface area (Å²) in [7, 11) is 0. The van der Waals surface area contributed by atoms with Crippen LogP contribution in [0.5, 0.6) is 0 Å². The number of amides is 1. The average Bonchev–Trinajstić information content (AvgIpc) is 2.74. The lowest BCUT2D eigenvalue weighted by atomic mass is 9.91. The number of carbonyl (C=O) groups excluding carboxylic acids is 1. The smallest absolute Gasteiger partial charge is 0.225 e. The molecule has 1 N–H and O–H groups in total. The van der Waals surface area contributed by atoms with Crippen LogP contribution in [0.4, 0.5) is 10.2 Å². The van der Waals surface area contributed by atoms with Crippen molar-refractivity contribution < 1.29 is 9.18 Å². The molecule has 0 radical (unpaired) electrons. The quantitative estimate of drug-likeness (QED) is 0.556. The first-order valence-corrected chi connectivity index (χ1v) is 10.7. The lowest BCUT2D eigenvalue weighted by Crippen LogP contribution is -2.17. The zero-order valence-electron chi connectivity index (χ0n) is 17.9. The highest BCUT2D eigenvalue weighted by molar-refractivity contribution is 5.91. The van der Waals surface area contributed by atoms with Crippen molar-refractivity contribution in [3.05, 3.63) is 82.4 Å². The van der Waals surface area contributed by atoms with E-state index in [1.807, 2.05) is 38.1 Å². The van der Waals surface area contributed by atoms with Gasteiger partial charge in [0, 0.05) is 12.0 Å². The number of nitrogens with one attached hydrogen (secondary N) is 1. The predicted octanol–water partition coefficient (Wildman–Crippen LogP) is 5.77. The molecule has 0 saturated heterocycles. The molecule has 4 nitrogen and oxygen atoms in total. The van der Waals surface area contributed by atoms with Gasteiger partial charge in [0.2, 0.25) is 5.91 Å². The second-order valence-corrected chi connectivity index (χ2v) is 8.16. The number of nitrogens with zero attached hydrogens (tertiary/aromatic N) is 2. The molecule has 0 atom stereocenters. The molecule has 4 rings (SSSR count). The van der Waals surface area contributed by atoms with E-state index in [-0.39, 0.29) is 11.7 Å². The fourth-order valence-corrected chi connectivity index (χ4v) is 3.88. The van der Waals surface area contributed by atoms with E-state index in [2.05, 4.69) is 17.4 Å². The summed E-state index contributed by atoms with van der Waals surface area (Å²) in [5.41, 5.74) is 6.39. The third-order valence-electron chi connectivity index (χ3n) is 5.34. The maximum atomic E-state index is 13.6. The minimum Gasteiger partial charge on any atom is -0.309 e. The molecule has 0 fully saturated rings. The molecule has 0 spiro atoms. The molecule has 1 aliphatic carbocycles. The third-order valence-corrected chi connectivity index (χ3v) is 5.34. The molecule has 0 saturated carbocycles. The SMILES string of the molecule is CC(C)=Cc1nc2c(nc1NC(=O)CCCc1ccccc1)CCc1cc(F)ccc1-2. The summed E-state index contributed by atoms with van der Waals surface area (Å²) >= 11 is 0. The first kappa shape index (κ1) is 20.9. The number of halogens is 1. The Kier molecular flexibility index (Phi) is 6.21. The van der Waals surface area contributed by atoms with Crippen molar-refractivity contribution >= 4 is 17.8 Å². The summed E-state index contributed by atoms with van der Waals surface area (Å²) in [5.74, 6) is 0.196. The predicted molar refractivity (Wildman–Crippen MR) is 122 cm³/mol. The molecule has 0 bridgehead atoms. The summed E-state index contributed by atoms with van der Waals surface area (Å²) < 4.78 is 13.6. The summed E-state index contributed by atoms with van der Waals surface area (Å²) in [6, 6.07) is 15.0. The van der Waals surface area contributed by atoms with Gasteiger partial charge in [0.25, 0.3) is 0 Å². The van der Waals surface area contributed by atoms with Gasteiger partial charge in [-0.3, -0.25) is 4.79 Å². The molecule has 5 heteroatoms. The normalized spacial score (nSPS) is 12.0. The number of carbonyl (C=O) groups is 1. The van der Waals surface area contributed by atoms with Crippen molar-refractivity contribution in [2.45, 2.75) is 46.0 Å². The highest BCUT2D eigenvalue weighted by Crippen LogP contribution is 2.33. The minimum absolute atomic E-state index is 0.0631. The lowest BCUT2D eigenvalue weighted by Gasteiger charge is -2.20. The third kappa shape index (κ3) is 5.05.